The largest absolute Gasteiger partial charge is 0.397 e. The lowest BCUT2D eigenvalue weighted by molar-refractivity contribution is 0.215. The Morgan fingerprint density at radius 1 is 1.39 bits per heavy atom. The van der Waals surface area contributed by atoms with Gasteiger partial charge in [-0.05, 0) is 63.5 Å². The van der Waals surface area contributed by atoms with Gasteiger partial charge in [0.25, 0.3) is 0 Å². The minimum atomic E-state index is -0.244. The van der Waals surface area contributed by atoms with E-state index in [1.807, 2.05) is 0 Å². The molecule has 0 atom stereocenters. The Hall–Kier alpha value is -1.29. The number of benzene rings is 1. The molecule has 0 bridgehead atoms. The summed E-state index contributed by atoms with van der Waals surface area (Å²) in [6, 6.07) is 4.45. The van der Waals surface area contributed by atoms with Crippen molar-refractivity contribution in [1.82, 2.24) is 4.90 Å². The van der Waals surface area contributed by atoms with Gasteiger partial charge in [0.05, 0.1) is 11.4 Å². The average Bonchev–Trinajstić information content (AvgIpc) is 2.36. The molecule has 1 saturated heterocycles. The summed E-state index contributed by atoms with van der Waals surface area (Å²) in [4.78, 5) is 2.37. The van der Waals surface area contributed by atoms with Crippen molar-refractivity contribution >= 4 is 11.4 Å². The molecule has 1 aliphatic rings. The number of likely N-dealkylation sites (tertiary alicyclic amines) is 1. The molecule has 18 heavy (non-hydrogen) atoms. The summed E-state index contributed by atoms with van der Waals surface area (Å²) in [6.07, 6.45) is 3.65. The second-order valence-electron chi connectivity index (χ2n) is 5.19. The highest BCUT2D eigenvalue weighted by Gasteiger charge is 2.16. The standard InChI is InChI=1S/C14H22FN3/c1-18-8-5-11(6-9-18)4-7-17-14-10-12(15)2-3-13(14)16/h2-3,10-11,17H,4-9,16H2,1H3. The molecule has 100 valence electrons. The van der Waals surface area contributed by atoms with Gasteiger partial charge in [-0.3, -0.25) is 0 Å². The highest BCUT2D eigenvalue weighted by Crippen LogP contribution is 2.22. The van der Waals surface area contributed by atoms with Gasteiger partial charge in [0.2, 0.25) is 0 Å². The van der Waals surface area contributed by atoms with Crippen LogP contribution in [0.3, 0.4) is 0 Å². The quantitative estimate of drug-likeness (QED) is 0.808. The summed E-state index contributed by atoms with van der Waals surface area (Å²) < 4.78 is 13.1. The van der Waals surface area contributed by atoms with E-state index in [4.69, 9.17) is 5.73 Å². The summed E-state index contributed by atoms with van der Waals surface area (Å²) in [5.74, 6) is 0.537. The number of rotatable bonds is 4. The topological polar surface area (TPSA) is 41.3 Å². The van der Waals surface area contributed by atoms with Crippen LogP contribution >= 0.6 is 0 Å². The highest BCUT2D eigenvalue weighted by atomic mass is 19.1. The molecule has 3 N–H and O–H groups in total. The van der Waals surface area contributed by atoms with Crippen LogP contribution < -0.4 is 11.1 Å². The molecule has 3 nitrogen and oxygen atoms in total. The van der Waals surface area contributed by atoms with Gasteiger partial charge in [-0.15, -0.1) is 0 Å². The van der Waals surface area contributed by atoms with Crippen LogP contribution in [0.4, 0.5) is 15.8 Å². The molecule has 1 aliphatic heterocycles. The summed E-state index contributed by atoms with van der Waals surface area (Å²) in [7, 11) is 2.17. The van der Waals surface area contributed by atoms with Crippen LogP contribution in [0.1, 0.15) is 19.3 Å². The van der Waals surface area contributed by atoms with Gasteiger partial charge in [0, 0.05) is 6.54 Å². The van der Waals surface area contributed by atoms with Crippen molar-refractivity contribution in [1.29, 1.82) is 0 Å². The van der Waals surface area contributed by atoms with Gasteiger partial charge in [-0.1, -0.05) is 0 Å². The lowest BCUT2D eigenvalue weighted by Gasteiger charge is -2.29. The summed E-state index contributed by atoms with van der Waals surface area (Å²) >= 11 is 0. The van der Waals surface area contributed by atoms with Gasteiger partial charge >= 0.3 is 0 Å². The number of nitrogens with two attached hydrogens (primary N) is 1. The second kappa shape index (κ2) is 6.05. The molecule has 0 aliphatic carbocycles. The first kappa shape index (κ1) is 13.1. The van der Waals surface area contributed by atoms with Crippen LogP contribution in [0.2, 0.25) is 0 Å². The monoisotopic (exact) mass is 251 g/mol. The third-order valence-corrected chi connectivity index (χ3v) is 3.72. The van der Waals surface area contributed by atoms with E-state index in [1.54, 1.807) is 6.07 Å². The van der Waals surface area contributed by atoms with E-state index in [0.29, 0.717) is 11.4 Å². The number of piperidine rings is 1. The van der Waals surface area contributed by atoms with E-state index < -0.39 is 0 Å². The number of hydrogen-bond acceptors (Lipinski definition) is 3. The van der Waals surface area contributed by atoms with Crippen molar-refractivity contribution in [2.75, 3.05) is 37.7 Å². The first-order chi connectivity index (χ1) is 8.65. The maximum absolute atomic E-state index is 13.1. The fourth-order valence-corrected chi connectivity index (χ4v) is 2.44. The molecule has 0 unspecified atom stereocenters. The molecule has 0 saturated carbocycles. The number of nitrogens with zero attached hydrogens (tertiary/aromatic N) is 1. The number of hydrogen-bond donors (Lipinski definition) is 2. The van der Waals surface area contributed by atoms with Gasteiger partial charge in [-0.2, -0.15) is 0 Å². The van der Waals surface area contributed by atoms with Crippen LogP contribution in [0.25, 0.3) is 0 Å². The molecular formula is C14H22FN3. The Labute approximate surface area is 108 Å². The molecule has 1 fully saturated rings. The predicted molar refractivity (Wildman–Crippen MR) is 74.1 cm³/mol. The van der Waals surface area contributed by atoms with E-state index in [0.717, 1.165) is 18.9 Å². The zero-order valence-electron chi connectivity index (χ0n) is 11.0. The van der Waals surface area contributed by atoms with E-state index in [-0.39, 0.29) is 5.82 Å². The molecular weight excluding hydrogens is 229 g/mol. The van der Waals surface area contributed by atoms with Crippen LogP contribution in [0.15, 0.2) is 18.2 Å². The van der Waals surface area contributed by atoms with E-state index in [9.17, 15) is 4.39 Å². The lowest BCUT2D eigenvalue weighted by atomic mass is 9.94. The van der Waals surface area contributed by atoms with Gasteiger partial charge < -0.3 is 16.0 Å². The SMILES string of the molecule is CN1CCC(CCNc2cc(F)ccc2N)CC1. The van der Waals surface area contributed by atoms with E-state index in [1.165, 1.54) is 38.1 Å². The molecule has 0 aromatic heterocycles. The first-order valence-electron chi connectivity index (χ1n) is 6.62. The molecule has 0 radical (unpaired) electrons. The van der Waals surface area contributed by atoms with Gasteiger partial charge in [0.15, 0.2) is 0 Å². The zero-order valence-corrected chi connectivity index (χ0v) is 11.0. The Bertz CT molecular complexity index is 387. The first-order valence-corrected chi connectivity index (χ1v) is 6.62. The normalized spacial score (nSPS) is 17.9. The second-order valence-corrected chi connectivity index (χ2v) is 5.19. The number of nitrogen functional groups attached to an aromatic ring is 1. The minimum Gasteiger partial charge on any atom is -0.397 e. The number of anilines is 2. The van der Waals surface area contributed by atoms with Crippen molar-refractivity contribution in [3.05, 3.63) is 24.0 Å². The molecule has 0 amide bonds. The van der Waals surface area contributed by atoms with E-state index >= 15 is 0 Å². The van der Waals surface area contributed by atoms with Crippen LogP contribution in [0.5, 0.6) is 0 Å². The molecule has 1 aromatic rings. The van der Waals surface area contributed by atoms with Crippen LogP contribution in [-0.4, -0.2) is 31.6 Å². The smallest absolute Gasteiger partial charge is 0.125 e. The minimum absolute atomic E-state index is 0.244. The van der Waals surface area contributed by atoms with Gasteiger partial charge in [-0.25, -0.2) is 4.39 Å². The fraction of sp³-hybridized carbons (Fsp3) is 0.571. The maximum atomic E-state index is 13.1. The molecule has 0 spiro atoms. The lowest BCUT2D eigenvalue weighted by Crippen LogP contribution is -2.30. The summed E-state index contributed by atoms with van der Waals surface area (Å²) in [5, 5.41) is 3.23. The third-order valence-electron chi connectivity index (χ3n) is 3.72. The van der Waals surface area contributed by atoms with Gasteiger partial charge in [0.1, 0.15) is 5.82 Å². The third kappa shape index (κ3) is 3.60. The molecule has 2 rings (SSSR count). The van der Waals surface area contributed by atoms with Crippen LogP contribution in [0, 0.1) is 11.7 Å². The Balaban J connectivity index is 1.76. The van der Waals surface area contributed by atoms with Crippen LogP contribution in [-0.2, 0) is 0 Å². The van der Waals surface area contributed by atoms with Crippen molar-refractivity contribution < 1.29 is 4.39 Å². The average molecular weight is 251 g/mol. The Morgan fingerprint density at radius 2 is 2.11 bits per heavy atom. The maximum Gasteiger partial charge on any atom is 0.125 e. The molecule has 1 aromatic carbocycles. The van der Waals surface area contributed by atoms with Crippen molar-refractivity contribution in [3.63, 3.8) is 0 Å². The van der Waals surface area contributed by atoms with Crippen molar-refractivity contribution in [2.45, 2.75) is 19.3 Å². The summed E-state index contributed by atoms with van der Waals surface area (Å²) in [5.41, 5.74) is 7.11. The highest BCUT2D eigenvalue weighted by molar-refractivity contribution is 5.65. The molecule has 4 heteroatoms. The number of nitrogens with one attached hydrogen (secondary N) is 1. The van der Waals surface area contributed by atoms with Crippen molar-refractivity contribution in [3.8, 4) is 0 Å². The zero-order chi connectivity index (χ0) is 13.0. The van der Waals surface area contributed by atoms with Crippen molar-refractivity contribution in [2.24, 2.45) is 5.92 Å². The summed E-state index contributed by atoms with van der Waals surface area (Å²) in [6.45, 7) is 3.24. The van der Waals surface area contributed by atoms with E-state index in [2.05, 4.69) is 17.3 Å². The Morgan fingerprint density at radius 3 is 2.83 bits per heavy atom. The number of halogens is 1. The fourth-order valence-electron chi connectivity index (χ4n) is 2.44. The Kier molecular flexibility index (Phi) is 4.42. The predicted octanol–water partition coefficient (Wildman–Crippen LogP) is 2.55. The molecule has 1 heterocycles.